The van der Waals surface area contributed by atoms with E-state index in [-0.39, 0.29) is 31.5 Å². The average molecular weight is 352 g/mol. The number of hydrogen-bond acceptors (Lipinski definition) is 7. The van der Waals surface area contributed by atoms with Gasteiger partial charge in [0, 0.05) is 5.57 Å². The summed E-state index contributed by atoms with van der Waals surface area (Å²) in [6, 6.07) is 0. The van der Waals surface area contributed by atoms with Crippen LogP contribution in [-0.2, 0) is 33.3 Å². The Morgan fingerprint density at radius 3 is 2.52 bits per heavy atom. The molecule has 0 amide bonds. The van der Waals surface area contributed by atoms with Crippen LogP contribution in [0.5, 0.6) is 0 Å². The molecule has 0 spiro atoms. The first-order chi connectivity index (χ1) is 11.9. The highest BCUT2D eigenvalue weighted by Crippen LogP contribution is 2.32. The molecule has 0 aromatic heterocycles. The topological polar surface area (TPSA) is 91.4 Å². The molecule has 2 unspecified atom stereocenters. The van der Waals surface area contributed by atoms with Crippen LogP contribution in [0.15, 0.2) is 23.3 Å². The number of rotatable bonds is 8. The third-order valence-corrected chi connectivity index (χ3v) is 4.07. The van der Waals surface area contributed by atoms with Crippen molar-refractivity contribution in [3.05, 3.63) is 23.3 Å². The summed E-state index contributed by atoms with van der Waals surface area (Å²) in [6.45, 7) is 7.50. The van der Waals surface area contributed by atoms with E-state index in [1.807, 2.05) is 6.92 Å². The molecule has 0 aromatic rings. The van der Waals surface area contributed by atoms with E-state index in [1.165, 1.54) is 6.92 Å². The van der Waals surface area contributed by atoms with E-state index in [2.05, 4.69) is 6.58 Å². The van der Waals surface area contributed by atoms with Crippen LogP contribution in [0.1, 0.15) is 33.1 Å². The molecule has 138 valence electrons. The number of ether oxygens (including phenoxy) is 4. The largest absolute Gasteiger partial charge is 0.462 e. The summed E-state index contributed by atoms with van der Waals surface area (Å²) in [5, 5.41) is 0. The molecule has 7 nitrogen and oxygen atoms in total. The van der Waals surface area contributed by atoms with E-state index < -0.39 is 23.8 Å². The SMILES string of the molecule is C=C(C)C(=O)OCCOC(=O)C1=C(C)CCCC1C(=O)OCC1CO1. The molecule has 1 aliphatic carbocycles. The van der Waals surface area contributed by atoms with Gasteiger partial charge in [-0.1, -0.05) is 12.2 Å². The molecule has 1 heterocycles. The second-order valence-electron chi connectivity index (χ2n) is 6.28. The predicted octanol–water partition coefficient (Wildman–Crippen LogP) is 1.71. The number of esters is 3. The van der Waals surface area contributed by atoms with Crippen molar-refractivity contribution in [1.29, 1.82) is 0 Å². The Balaban J connectivity index is 1.87. The fraction of sp³-hybridized carbons (Fsp3) is 0.611. The Morgan fingerprint density at radius 1 is 1.20 bits per heavy atom. The van der Waals surface area contributed by atoms with Gasteiger partial charge in [0.15, 0.2) is 0 Å². The van der Waals surface area contributed by atoms with E-state index in [0.717, 1.165) is 18.4 Å². The first-order valence-corrected chi connectivity index (χ1v) is 8.37. The number of carbonyl (C=O) groups is 3. The van der Waals surface area contributed by atoms with Crippen molar-refractivity contribution in [2.75, 3.05) is 26.4 Å². The predicted molar refractivity (Wildman–Crippen MR) is 87.5 cm³/mol. The lowest BCUT2D eigenvalue weighted by molar-refractivity contribution is -0.152. The Kier molecular flexibility index (Phi) is 6.75. The van der Waals surface area contributed by atoms with E-state index in [9.17, 15) is 14.4 Å². The van der Waals surface area contributed by atoms with Gasteiger partial charge >= 0.3 is 17.9 Å². The van der Waals surface area contributed by atoms with Crippen molar-refractivity contribution in [2.24, 2.45) is 5.92 Å². The van der Waals surface area contributed by atoms with E-state index in [4.69, 9.17) is 18.9 Å². The Bertz CT molecular complexity index is 586. The standard InChI is InChI=1S/C18H24O7/c1-11(2)16(19)22-7-8-23-18(21)15-12(3)5-4-6-14(15)17(20)25-10-13-9-24-13/h13-14H,1,4-10H2,2-3H3. The average Bonchev–Trinajstić information content (AvgIpc) is 3.40. The lowest BCUT2D eigenvalue weighted by Crippen LogP contribution is -2.30. The summed E-state index contributed by atoms with van der Waals surface area (Å²) >= 11 is 0. The van der Waals surface area contributed by atoms with Crippen LogP contribution in [0.4, 0.5) is 0 Å². The summed E-state index contributed by atoms with van der Waals surface area (Å²) in [4.78, 5) is 35.9. The third kappa shape index (κ3) is 5.70. The summed E-state index contributed by atoms with van der Waals surface area (Å²) in [5.41, 5.74) is 1.47. The Morgan fingerprint density at radius 2 is 1.88 bits per heavy atom. The van der Waals surface area contributed by atoms with Crippen LogP contribution >= 0.6 is 0 Å². The maximum atomic E-state index is 12.4. The monoisotopic (exact) mass is 352 g/mol. The number of allylic oxidation sites excluding steroid dienone is 1. The van der Waals surface area contributed by atoms with Crippen LogP contribution in [-0.4, -0.2) is 50.4 Å². The van der Waals surface area contributed by atoms with Crippen molar-refractivity contribution in [1.82, 2.24) is 0 Å². The molecule has 2 rings (SSSR count). The van der Waals surface area contributed by atoms with E-state index in [1.54, 1.807) is 0 Å². The van der Waals surface area contributed by atoms with Crippen LogP contribution in [0.2, 0.25) is 0 Å². The van der Waals surface area contributed by atoms with Crippen LogP contribution < -0.4 is 0 Å². The quantitative estimate of drug-likeness (QED) is 0.216. The van der Waals surface area contributed by atoms with Gasteiger partial charge in [-0.25, -0.2) is 9.59 Å². The summed E-state index contributed by atoms with van der Waals surface area (Å²) in [5.74, 6) is -2.13. The zero-order valence-corrected chi connectivity index (χ0v) is 14.7. The van der Waals surface area contributed by atoms with Crippen molar-refractivity contribution < 1.29 is 33.3 Å². The summed E-state index contributed by atoms with van der Waals surface area (Å²) < 4.78 is 20.3. The highest BCUT2D eigenvalue weighted by Gasteiger charge is 2.35. The van der Waals surface area contributed by atoms with Crippen LogP contribution in [0, 0.1) is 5.92 Å². The molecule has 2 aliphatic rings. The Labute approximate surface area is 146 Å². The lowest BCUT2D eigenvalue weighted by atomic mass is 9.83. The lowest BCUT2D eigenvalue weighted by Gasteiger charge is -2.24. The molecule has 25 heavy (non-hydrogen) atoms. The van der Waals surface area contributed by atoms with Gasteiger partial charge in [-0.05, 0) is 33.1 Å². The molecule has 1 fully saturated rings. The van der Waals surface area contributed by atoms with Gasteiger partial charge < -0.3 is 18.9 Å². The molecule has 0 radical (unpaired) electrons. The molecule has 1 aliphatic heterocycles. The van der Waals surface area contributed by atoms with Gasteiger partial charge in [0.25, 0.3) is 0 Å². The van der Waals surface area contributed by atoms with Crippen molar-refractivity contribution in [3.8, 4) is 0 Å². The zero-order chi connectivity index (χ0) is 18.4. The highest BCUT2D eigenvalue weighted by molar-refractivity contribution is 5.96. The van der Waals surface area contributed by atoms with E-state index in [0.29, 0.717) is 18.6 Å². The molecule has 0 aromatic carbocycles. The van der Waals surface area contributed by atoms with Gasteiger partial charge in [-0.2, -0.15) is 0 Å². The number of hydrogen-bond donors (Lipinski definition) is 0. The smallest absolute Gasteiger partial charge is 0.334 e. The minimum absolute atomic E-state index is 0.0176. The first-order valence-electron chi connectivity index (χ1n) is 8.37. The second kappa shape index (κ2) is 8.80. The van der Waals surface area contributed by atoms with Crippen LogP contribution in [0.25, 0.3) is 0 Å². The summed E-state index contributed by atoms with van der Waals surface area (Å²) in [7, 11) is 0. The molecule has 1 saturated heterocycles. The molecular weight excluding hydrogens is 328 g/mol. The molecule has 0 N–H and O–H groups in total. The van der Waals surface area contributed by atoms with Crippen LogP contribution in [0.3, 0.4) is 0 Å². The molecule has 0 bridgehead atoms. The summed E-state index contributed by atoms with van der Waals surface area (Å²) in [6.07, 6.45) is 2.09. The third-order valence-electron chi connectivity index (χ3n) is 4.07. The number of carbonyl (C=O) groups excluding carboxylic acids is 3. The van der Waals surface area contributed by atoms with Crippen molar-refractivity contribution >= 4 is 17.9 Å². The molecule has 0 saturated carbocycles. The van der Waals surface area contributed by atoms with Gasteiger partial charge in [0.1, 0.15) is 25.9 Å². The zero-order valence-electron chi connectivity index (χ0n) is 14.7. The van der Waals surface area contributed by atoms with E-state index >= 15 is 0 Å². The molecule has 2 atom stereocenters. The van der Waals surface area contributed by atoms with Gasteiger partial charge in [-0.15, -0.1) is 0 Å². The number of epoxide rings is 1. The second-order valence-corrected chi connectivity index (χ2v) is 6.28. The fourth-order valence-electron chi connectivity index (χ4n) is 2.61. The van der Waals surface area contributed by atoms with Gasteiger partial charge in [-0.3, -0.25) is 4.79 Å². The Hall–Kier alpha value is -2.15. The minimum Gasteiger partial charge on any atom is -0.462 e. The van der Waals surface area contributed by atoms with Gasteiger partial charge in [0.2, 0.25) is 0 Å². The fourth-order valence-corrected chi connectivity index (χ4v) is 2.61. The van der Waals surface area contributed by atoms with Gasteiger partial charge in [0.05, 0.1) is 18.1 Å². The highest BCUT2D eigenvalue weighted by atomic mass is 16.6. The molecule has 7 heteroatoms. The van der Waals surface area contributed by atoms with Crippen molar-refractivity contribution in [3.63, 3.8) is 0 Å². The first kappa shape index (κ1) is 19.2. The molecular formula is C18H24O7. The maximum Gasteiger partial charge on any atom is 0.334 e. The normalized spacial score (nSPS) is 22.2. The van der Waals surface area contributed by atoms with Crippen molar-refractivity contribution in [2.45, 2.75) is 39.2 Å². The minimum atomic E-state index is -0.613. The maximum absolute atomic E-state index is 12.4.